The number of carbonyl (C=O) groups excluding carboxylic acids is 2. The van der Waals surface area contributed by atoms with Crippen LogP contribution in [0.25, 0.3) is 0 Å². The van der Waals surface area contributed by atoms with Gasteiger partial charge in [-0.25, -0.2) is 4.79 Å². The van der Waals surface area contributed by atoms with E-state index in [4.69, 9.17) is 5.73 Å². The maximum Gasteiger partial charge on any atom is 0.312 e. The Morgan fingerprint density at radius 1 is 1.39 bits per heavy atom. The molecule has 3 amide bonds. The zero-order chi connectivity index (χ0) is 16.8. The maximum absolute atomic E-state index is 12.4. The number of hydrogen-bond acceptors (Lipinski definition) is 3. The maximum atomic E-state index is 12.4. The second-order valence-corrected chi connectivity index (χ2v) is 6.27. The molecule has 0 saturated carbocycles. The van der Waals surface area contributed by atoms with E-state index in [1.807, 2.05) is 31.2 Å². The van der Waals surface area contributed by atoms with Gasteiger partial charge in [0, 0.05) is 6.04 Å². The van der Waals surface area contributed by atoms with Crippen LogP contribution in [-0.2, 0) is 4.79 Å². The van der Waals surface area contributed by atoms with Gasteiger partial charge < -0.3 is 21.7 Å². The van der Waals surface area contributed by atoms with E-state index in [2.05, 4.69) is 22.9 Å². The van der Waals surface area contributed by atoms with Crippen LogP contribution in [0.2, 0.25) is 0 Å². The van der Waals surface area contributed by atoms with Crippen LogP contribution < -0.4 is 21.7 Å². The van der Waals surface area contributed by atoms with Crippen molar-refractivity contribution in [1.82, 2.24) is 16.0 Å². The third kappa shape index (κ3) is 4.96. The van der Waals surface area contributed by atoms with Crippen molar-refractivity contribution < 1.29 is 9.59 Å². The van der Waals surface area contributed by atoms with Gasteiger partial charge in [-0.15, -0.1) is 0 Å². The van der Waals surface area contributed by atoms with Crippen LogP contribution in [0, 0.1) is 12.8 Å². The summed E-state index contributed by atoms with van der Waals surface area (Å²) in [7, 11) is 0. The molecule has 1 aromatic carbocycles. The van der Waals surface area contributed by atoms with Crippen molar-refractivity contribution in [3.63, 3.8) is 0 Å². The molecule has 6 nitrogen and oxygen atoms in total. The summed E-state index contributed by atoms with van der Waals surface area (Å²) >= 11 is 0. The van der Waals surface area contributed by atoms with Crippen molar-refractivity contribution in [2.24, 2.45) is 11.7 Å². The number of amides is 3. The summed E-state index contributed by atoms with van der Waals surface area (Å²) in [5.74, 6) is 0.333. The zero-order valence-corrected chi connectivity index (χ0v) is 13.8. The lowest BCUT2D eigenvalue weighted by atomic mass is 9.94. The first-order valence-corrected chi connectivity index (χ1v) is 8.09. The first-order valence-electron chi connectivity index (χ1n) is 8.09. The van der Waals surface area contributed by atoms with E-state index in [9.17, 15) is 9.59 Å². The van der Waals surface area contributed by atoms with E-state index in [1.165, 1.54) is 0 Å². The van der Waals surface area contributed by atoms with Crippen LogP contribution in [0.3, 0.4) is 0 Å². The van der Waals surface area contributed by atoms with Gasteiger partial charge in [0.1, 0.15) is 0 Å². The molecule has 0 bridgehead atoms. The first-order chi connectivity index (χ1) is 11.0. The van der Waals surface area contributed by atoms with Crippen LogP contribution in [0.1, 0.15) is 36.9 Å². The summed E-state index contributed by atoms with van der Waals surface area (Å²) in [6, 6.07) is 6.83. The normalized spacial score (nSPS) is 22.2. The number of benzene rings is 1. The van der Waals surface area contributed by atoms with Gasteiger partial charge in [-0.1, -0.05) is 31.2 Å². The quantitative estimate of drug-likeness (QED) is 0.657. The number of nitrogens with two attached hydrogens (primary N) is 1. The standard InChI is InChI=1S/C17H26N4O2/c1-11-5-3-4-6-13(11)15(21-17(18)23)9-16(22)20-14-7-8-19-10-12(14)2/h3-6,12,14-15,19H,7-10H2,1-2H3,(H,20,22)(H3,18,21,23). The Bertz CT molecular complexity index is 561. The number of nitrogens with one attached hydrogen (secondary N) is 3. The smallest absolute Gasteiger partial charge is 0.312 e. The van der Waals surface area contributed by atoms with Crippen LogP contribution in [0.5, 0.6) is 0 Å². The van der Waals surface area contributed by atoms with Gasteiger partial charge in [0.15, 0.2) is 0 Å². The molecule has 1 aliphatic heterocycles. The number of piperidine rings is 1. The van der Waals surface area contributed by atoms with Gasteiger partial charge in [0.2, 0.25) is 5.91 Å². The molecule has 3 atom stereocenters. The summed E-state index contributed by atoms with van der Waals surface area (Å²) in [6.07, 6.45) is 1.11. The van der Waals surface area contributed by atoms with Gasteiger partial charge in [-0.05, 0) is 43.5 Å². The molecule has 6 heteroatoms. The highest BCUT2D eigenvalue weighted by Gasteiger charge is 2.25. The van der Waals surface area contributed by atoms with Crippen LogP contribution in [-0.4, -0.2) is 31.1 Å². The number of urea groups is 1. The minimum atomic E-state index is -0.624. The number of primary amides is 1. The summed E-state index contributed by atoms with van der Waals surface area (Å²) < 4.78 is 0. The average Bonchev–Trinajstić information content (AvgIpc) is 2.49. The Hall–Kier alpha value is -2.08. The molecule has 1 aliphatic rings. The summed E-state index contributed by atoms with van der Waals surface area (Å²) in [4.78, 5) is 23.7. The van der Waals surface area contributed by atoms with Gasteiger partial charge in [0.25, 0.3) is 0 Å². The lowest BCUT2D eigenvalue weighted by Gasteiger charge is -2.31. The predicted molar refractivity (Wildman–Crippen MR) is 89.8 cm³/mol. The number of aryl methyl sites for hydroxylation is 1. The number of carbonyl (C=O) groups is 2. The SMILES string of the molecule is Cc1ccccc1C(CC(=O)NC1CCNCC1C)NC(N)=O. The highest BCUT2D eigenvalue weighted by atomic mass is 16.2. The van der Waals surface area contributed by atoms with E-state index < -0.39 is 12.1 Å². The predicted octanol–water partition coefficient (Wildman–Crippen LogP) is 1.21. The molecule has 3 unspecified atom stereocenters. The lowest BCUT2D eigenvalue weighted by Crippen LogP contribution is -2.49. The fraction of sp³-hybridized carbons (Fsp3) is 0.529. The zero-order valence-electron chi connectivity index (χ0n) is 13.8. The number of hydrogen-bond donors (Lipinski definition) is 4. The topological polar surface area (TPSA) is 96.2 Å². The molecule has 5 N–H and O–H groups in total. The minimum Gasteiger partial charge on any atom is -0.353 e. The summed E-state index contributed by atoms with van der Waals surface area (Å²) in [5.41, 5.74) is 7.21. The largest absolute Gasteiger partial charge is 0.353 e. The molecule has 0 aromatic heterocycles. The molecular weight excluding hydrogens is 292 g/mol. The minimum absolute atomic E-state index is 0.0641. The van der Waals surface area contributed by atoms with Crippen molar-refractivity contribution in [2.45, 2.75) is 38.8 Å². The monoisotopic (exact) mass is 318 g/mol. The molecule has 1 aromatic rings. The third-order valence-corrected chi connectivity index (χ3v) is 4.40. The molecule has 126 valence electrons. The highest BCUT2D eigenvalue weighted by molar-refractivity contribution is 5.79. The van der Waals surface area contributed by atoms with E-state index in [1.54, 1.807) is 0 Å². The van der Waals surface area contributed by atoms with E-state index >= 15 is 0 Å². The summed E-state index contributed by atoms with van der Waals surface area (Å²) in [6.45, 7) is 5.90. The Balaban J connectivity index is 2.04. The molecule has 0 spiro atoms. The molecule has 2 rings (SSSR count). The fourth-order valence-electron chi connectivity index (χ4n) is 3.07. The Morgan fingerprint density at radius 2 is 2.13 bits per heavy atom. The van der Waals surface area contributed by atoms with Gasteiger partial charge >= 0.3 is 6.03 Å². The Kier molecular flexibility index (Phi) is 5.98. The molecule has 1 saturated heterocycles. The number of rotatable bonds is 5. The van der Waals surface area contributed by atoms with Gasteiger partial charge in [-0.2, -0.15) is 0 Å². The second kappa shape index (κ2) is 7.97. The van der Waals surface area contributed by atoms with E-state index in [0.717, 1.165) is 30.6 Å². The van der Waals surface area contributed by atoms with Gasteiger partial charge in [0.05, 0.1) is 12.5 Å². The van der Waals surface area contributed by atoms with Crippen LogP contribution in [0.4, 0.5) is 4.79 Å². The van der Waals surface area contributed by atoms with Crippen molar-refractivity contribution >= 4 is 11.9 Å². The van der Waals surface area contributed by atoms with E-state index in [0.29, 0.717) is 5.92 Å². The Labute approximate surface area is 137 Å². The van der Waals surface area contributed by atoms with Crippen LogP contribution >= 0.6 is 0 Å². The van der Waals surface area contributed by atoms with Crippen LogP contribution in [0.15, 0.2) is 24.3 Å². The van der Waals surface area contributed by atoms with Crippen molar-refractivity contribution in [2.75, 3.05) is 13.1 Å². The molecular formula is C17H26N4O2. The molecule has 0 aliphatic carbocycles. The molecule has 0 radical (unpaired) electrons. The van der Waals surface area contributed by atoms with Crippen molar-refractivity contribution in [3.05, 3.63) is 35.4 Å². The molecule has 23 heavy (non-hydrogen) atoms. The van der Waals surface area contributed by atoms with E-state index in [-0.39, 0.29) is 18.4 Å². The Morgan fingerprint density at radius 3 is 2.78 bits per heavy atom. The fourth-order valence-corrected chi connectivity index (χ4v) is 3.07. The molecule has 1 fully saturated rings. The first kappa shape index (κ1) is 17.3. The van der Waals surface area contributed by atoms with Crippen molar-refractivity contribution in [3.8, 4) is 0 Å². The molecule has 1 heterocycles. The van der Waals surface area contributed by atoms with Crippen molar-refractivity contribution in [1.29, 1.82) is 0 Å². The highest BCUT2D eigenvalue weighted by Crippen LogP contribution is 2.21. The average molecular weight is 318 g/mol. The van der Waals surface area contributed by atoms with Gasteiger partial charge in [-0.3, -0.25) is 4.79 Å². The lowest BCUT2D eigenvalue weighted by molar-refractivity contribution is -0.122. The second-order valence-electron chi connectivity index (χ2n) is 6.27. The summed E-state index contributed by atoms with van der Waals surface area (Å²) in [5, 5.41) is 9.09. The third-order valence-electron chi connectivity index (χ3n) is 4.40.